The molecule has 0 fully saturated rings. The zero-order valence-corrected chi connectivity index (χ0v) is 15.9. The fourth-order valence-corrected chi connectivity index (χ4v) is 3.06. The Balaban J connectivity index is 1.41. The number of hydrogen-bond donors (Lipinski definition) is 0. The molecule has 0 saturated carbocycles. The molecule has 2 heterocycles. The molecule has 0 spiro atoms. The molecule has 8 nitrogen and oxygen atoms in total. The highest BCUT2D eigenvalue weighted by atomic mass is 35.5. The van der Waals surface area contributed by atoms with Crippen molar-refractivity contribution in [2.45, 2.75) is 6.61 Å². The Bertz CT molecular complexity index is 1110. The SMILES string of the molecule is O=C(ON1C(=O)c2ccccc2C1=O)c1cc(COc2ccc(Cl)cc2Cl)on1. The lowest BCUT2D eigenvalue weighted by molar-refractivity contribution is -0.0590. The van der Waals surface area contributed by atoms with Crippen LogP contribution in [0.3, 0.4) is 0 Å². The van der Waals surface area contributed by atoms with Crippen LogP contribution in [0.4, 0.5) is 0 Å². The zero-order chi connectivity index (χ0) is 20.5. The molecule has 146 valence electrons. The van der Waals surface area contributed by atoms with Gasteiger partial charge in [0.05, 0.1) is 16.1 Å². The molecule has 1 aliphatic heterocycles. The largest absolute Gasteiger partial charge is 0.484 e. The van der Waals surface area contributed by atoms with Gasteiger partial charge in [0.2, 0.25) is 0 Å². The van der Waals surface area contributed by atoms with E-state index in [2.05, 4.69) is 5.16 Å². The Morgan fingerprint density at radius 2 is 1.72 bits per heavy atom. The maximum absolute atomic E-state index is 12.3. The van der Waals surface area contributed by atoms with E-state index in [4.69, 9.17) is 37.3 Å². The number of aromatic nitrogens is 1. The van der Waals surface area contributed by atoms with Crippen LogP contribution in [0.2, 0.25) is 10.0 Å². The predicted octanol–water partition coefficient (Wildman–Crippen LogP) is 3.93. The van der Waals surface area contributed by atoms with Crippen molar-refractivity contribution in [1.29, 1.82) is 0 Å². The van der Waals surface area contributed by atoms with Gasteiger partial charge in [0.1, 0.15) is 12.4 Å². The quantitative estimate of drug-likeness (QED) is 0.563. The highest BCUT2D eigenvalue weighted by Crippen LogP contribution is 2.28. The summed E-state index contributed by atoms with van der Waals surface area (Å²) in [6.45, 7) is -0.0748. The molecule has 3 aromatic rings. The number of hydrogen-bond acceptors (Lipinski definition) is 7. The summed E-state index contributed by atoms with van der Waals surface area (Å²) in [5.41, 5.74) is 0.0705. The number of rotatable bonds is 5. The summed E-state index contributed by atoms with van der Waals surface area (Å²) in [7, 11) is 0. The molecular weight excluding hydrogens is 423 g/mol. The van der Waals surface area contributed by atoms with Gasteiger partial charge in [-0.3, -0.25) is 9.59 Å². The molecule has 1 aromatic heterocycles. The van der Waals surface area contributed by atoms with Crippen LogP contribution in [0.25, 0.3) is 0 Å². The second-order valence-corrected chi connectivity index (χ2v) is 6.71. The average molecular weight is 433 g/mol. The molecule has 0 bridgehead atoms. The Hall–Kier alpha value is -3.36. The van der Waals surface area contributed by atoms with E-state index in [-0.39, 0.29) is 29.2 Å². The third-order valence-electron chi connectivity index (χ3n) is 3.96. The normalized spacial score (nSPS) is 12.8. The summed E-state index contributed by atoms with van der Waals surface area (Å²) < 4.78 is 10.5. The molecular formula is C19H10Cl2N2O6. The molecule has 0 saturated heterocycles. The summed E-state index contributed by atoms with van der Waals surface area (Å²) >= 11 is 11.8. The first-order valence-corrected chi connectivity index (χ1v) is 8.93. The number of ether oxygens (including phenoxy) is 1. The third-order valence-corrected chi connectivity index (χ3v) is 4.49. The Kier molecular flexibility index (Phi) is 4.96. The van der Waals surface area contributed by atoms with Crippen molar-refractivity contribution in [3.63, 3.8) is 0 Å². The van der Waals surface area contributed by atoms with Crippen LogP contribution in [0.1, 0.15) is 37.0 Å². The van der Waals surface area contributed by atoms with Crippen molar-refractivity contribution in [3.8, 4) is 5.75 Å². The molecule has 0 unspecified atom stereocenters. The molecule has 29 heavy (non-hydrogen) atoms. The van der Waals surface area contributed by atoms with Gasteiger partial charge in [-0.2, -0.15) is 0 Å². The fraction of sp³-hybridized carbons (Fsp3) is 0.0526. The van der Waals surface area contributed by atoms with Crippen molar-refractivity contribution in [2.24, 2.45) is 0 Å². The van der Waals surface area contributed by atoms with Crippen LogP contribution < -0.4 is 4.74 Å². The molecule has 0 atom stereocenters. The second kappa shape index (κ2) is 7.57. The number of fused-ring (bicyclic) bond motifs is 1. The van der Waals surface area contributed by atoms with Gasteiger partial charge in [0, 0.05) is 11.1 Å². The van der Waals surface area contributed by atoms with Gasteiger partial charge in [-0.15, -0.1) is 0 Å². The van der Waals surface area contributed by atoms with Crippen LogP contribution in [-0.2, 0) is 11.4 Å². The molecule has 0 radical (unpaired) electrons. The van der Waals surface area contributed by atoms with Crippen LogP contribution >= 0.6 is 23.2 Å². The Labute approximate surface area is 173 Å². The predicted molar refractivity (Wildman–Crippen MR) is 99.7 cm³/mol. The van der Waals surface area contributed by atoms with E-state index in [9.17, 15) is 14.4 Å². The zero-order valence-electron chi connectivity index (χ0n) is 14.4. The lowest BCUT2D eigenvalue weighted by Crippen LogP contribution is -2.32. The summed E-state index contributed by atoms with van der Waals surface area (Å²) in [5, 5.41) is 4.73. The molecule has 0 N–H and O–H groups in total. The highest BCUT2D eigenvalue weighted by Gasteiger charge is 2.39. The lowest BCUT2D eigenvalue weighted by atomic mass is 10.1. The first-order valence-electron chi connectivity index (χ1n) is 8.17. The van der Waals surface area contributed by atoms with E-state index in [1.165, 1.54) is 24.3 Å². The summed E-state index contributed by atoms with van der Waals surface area (Å²) in [5.74, 6) is -1.93. The number of nitrogens with zero attached hydrogens (tertiary/aromatic N) is 2. The van der Waals surface area contributed by atoms with Crippen molar-refractivity contribution >= 4 is 41.0 Å². The monoisotopic (exact) mass is 432 g/mol. The number of hydroxylamine groups is 2. The molecule has 2 amide bonds. The Morgan fingerprint density at radius 3 is 2.38 bits per heavy atom. The van der Waals surface area contributed by atoms with E-state index >= 15 is 0 Å². The average Bonchev–Trinajstić information content (AvgIpc) is 3.27. The van der Waals surface area contributed by atoms with Gasteiger partial charge in [-0.1, -0.05) is 45.6 Å². The molecule has 1 aliphatic rings. The first kappa shape index (κ1) is 19.0. The van der Waals surface area contributed by atoms with E-state index in [0.29, 0.717) is 20.9 Å². The number of carbonyl (C=O) groups excluding carboxylic acids is 3. The maximum atomic E-state index is 12.3. The minimum absolute atomic E-state index is 0.0748. The van der Waals surface area contributed by atoms with E-state index in [1.54, 1.807) is 24.3 Å². The van der Waals surface area contributed by atoms with Gasteiger partial charge >= 0.3 is 5.97 Å². The number of benzene rings is 2. The fourth-order valence-electron chi connectivity index (χ4n) is 2.60. The minimum atomic E-state index is -1.03. The van der Waals surface area contributed by atoms with Crippen molar-refractivity contribution < 1.29 is 28.5 Å². The van der Waals surface area contributed by atoms with Crippen LogP contribution in [0.5, 0.6) is 5.75 Å². The van der Waals surface area contributed by atoms with Gasteiger partial charge in [-0.05, 0) is 30.3 Å². The standard InChI is InChI=1S/C19H10Cl2N2O6/c20-10-5-6-16(14(21)7-10)27-9-11-8-15(22-28-11)19(26)29-23-17(24)12-3-1-2-4-13(12)18(23)25/h1-8H,9H2. The Morgan fingerprint density at radius 1 is 1.03 bits per heavy atom. The van der Waals surface area contributed by atoms with E-state index in [0.717, 1.165) is 0 Å². The molecule has 2 aromatic carbocycles. The number of carbonyl (C=O) groups is 3. The molecule has 10 heteroatoms. The number of halogens is 2. The van der Waals surface area contributed by atoms with Crippen molar-refractivity contribution in [2.75, 3.05) is 0 Å². The lowest BCUT2D eigenvalue weighted by Gasteiger charge is -2.11. The summed E-state index contributed by atoms with van der Waals surface area (Å²) in [6.07, 6.45) is 0. The number of imide groups is 1. The topological polar surface area (TPSA) is 98.9 Å². The molecule has 0 aliphatic carbocycles. The van der Waals surface area contributed by atoms with Gasteiger partial charge in [0.25, 0.3) is 11.8 Å². The van der Waals surface area contributed by atoms with Crippen LogP contribution in [0, 0.1) is 0 Å². The third kappa shape index (κ3) is 3.67. The van der Waals surface area contributed by atoms with Gasteiger partial charge < -0.3 is 14.1 Å². The highest BCUT2D eigenvalue weighted by molar-refractivity contribution is 6.35. The second-order valence-electron chi connectivity index (χ2n) is 5.87. The molecule has 4 rings (SSSR count). The maximum Gasteiger partial charge on any atom is 0.385 e. The summed E-state index contributed by atoms with van der Waals surface area (Å²) in [6, 6.07) is 12.1. The summed E-state index contributed by atoms with van der Waals surface area (Å²) in [4.78, 5) is 41.6. The van der Waals surface area contributed by atoms with Gasteiger partial charge in [0.15, 0.2) is 11.5 Å². The van der Waals surface area contributed by atoms with Crippen molar-refractivity contribution in [3.05, 3.63) is 81.2 Å². The van der Waals surface area contributed by atoms with Crippen molar-refractivity contribution in [1.82, 2.24) is 10.2 Å². The van der Waals surface area contributed by atoms with Crippen LogP contribution in [0.15, 0.2) is 53.1 Å². The number of amides is 2. The van der Waals surface area contributed by atoms with Gasteiger partial charge in [-0.25, -0.2) is 4.79 Å². The minimum Gasteiger partial charge on any atom is -0.484 e. The van der Waals surface area contributed by atoms with E-state index < -0.39 is 17.8 Å². The van der Waals surface area contributed by atoms with Crippen LogP contribution in [-0.4, -0.2) is 28.0 Å². The smallest absolute Gasteiger partial charge is 0.385 e. The van der Waals surface area contributed by atoms with E-state index in [1.807, 2.05) is 0 Å². The first-order chi connectivity index (χ1) is 13.9.